The molecule has 0 spiro atoms. The van der Waals surface area contributed by atoms with Crippen molar-refractivity contribution in [3.63, 3.8) is 0 Å². The quantitative estimate of drug-likeness (QED) is 0.870. The van der Waals surface area contributed by atoms with E-state index in [1.165, 1.54) is 24.9 Å². The van der Waals surface area contributed by atoms with Crippen LogP contribution in [0, 0.1) is 11.8 Å². The van der Waals surface area contributed by atoms with Gasteiger partial charge in [-0.3, -0.25) is 0 Å². The minimum atomic E-state index is 0.714. The van der Waals surface area contributed by atoms with Crippen molar-refractivity contribution in [3.8, 4) is 5.75 Å². The maximum Gasteiger partial charge on any atom is 0.119 e. The van der Waals surface area contributed by atoms with Crippen LogP contribution < -0.4 is 15.4 Å². The molecule has 0 heterocycles. The minimum Gasteiger partial charge on any atom is -0.497 e. The van der Waals surface area contributed by atoms with Crippen LogP contribution >= 0.6 is 0 Å². The van der Waals surface area contributed by atoms with Gasteiger partial charge in [-0.15, -0.1) is 0 Å². The Labute approximate surface area is 110 Å². The zero-order valence-electron chi connectivity index (χ0n) is 11.4. The summed E-state index contributed by atoms with van der Waals surface area (Å²) in [6.45, 7) is 1.94. The van der Waals surface area contributed by atoms with Crippen molar-refractivity contribution in [2.24, 2.45) is 17.6 Å². The number of methoxy groups -OCH3 is 1. The summed E-state index contributed by atoms with van der Waals surface area (Å²) < 4.78 is 5.18. The van der Waals surface area contributed by atoms with Crippen molar-refractivity contribution in [1.29, 1.82) is 0 Å². The van der Waals surface area contributed by atoms with E-state index in [4.69, 9.17) is 10.5 Å². The van der Waals surface area contributed by atoms with Gasteiger partial charge in [-0.25, -0.2) is 0 Å². The first-order valence-electron chi connectivity index (χ1n) is 6.80. The van der Waals surface area contributed by atoms with Gasteiger partial charge in [0.1, 0.15) is 5.75 Å². The van der Waals surface area contributed by atoms with Gasteiger partial charge in [0.15, 0.2) is 0 Å². The van der Waals surface area contributed by atoms with Crippen LogP contribution in [0.4, 0.5) is 5.69 Å². The third-order valence-electron chi connectivity index (χ3n) is 4.14. The molecule has 0 saturated heterocycles. The van der Waals surface area contributed by atoms with Gasteiger partial charge in [-0.2, -0.15) is 0 Å². The van der Waals surface area contributed by atoms with Gasteiger partial charge in [-0.1, -0.05) is 6.42 Å². The third kappa shape index (κ3) is 2.96. The summed E-state index contributed by atoms with van der Waals surface area (Å²) in [6.07, 6.45) is 3.96. The number of nitrogens with two attached hydrogens (primary N) is 1. The molecule has 0 aromatic heterocycles. The van der Waals surface area contributed by atoms with E-state index in [9.17, 15) is 0 Å². The second-order valence-electron chi connectivity index (χ2n) is 5.27. The number of benzene rings is 1. The Kier molecular flexibility index (Phi) is 4.48. The fourth-order valence-electron chi connectivity index (χ4n) is 2.96. The molecule has 0 radical (unpaired) electrons. The second kappa shape index (κ2) is 6.10. The Morgan fingerprint density at radius 2 is 1.89 bits per heavy atom. The van der Waals surface area contributed by atoms with Crippen LogP contribution in [-0.4, -0.2) is 27.2 Å². The first-order chi connectivity index (χ1) is 8.74. The average molecular weight is 248 g/mol. The topological polar surface area (TPSA) is 38.5 Å². The molecule has 0 bridgehead atoms. The standard InChI is InChI=1S/C15H24N2O/c1-17(11-13-5-3-4-12(13)10-16)14-6-8-15(18-2)9-7-14/h6-9,12-13H,3-5,10-11,16H2,1-2H3. The molecule has 1 aliphatic rings. The Morgan fingerprint density at radius 3 is 2.50 bits per heavy atom. The number of ether oxygens (including phenoxy) is 1. The zero-order valence-corrected chi connectivity index (χ0v) is 11.4. The van der Waals surface area contributed by atoms with Crippen molar-refractivity contribution in [2.45, 2.75) is 19.3 Å². The van der Waals surface area contributed by atoms with E-state index >= 15 is 0 Å². The van der Waals surface area contributed by atoms with Crippen LogP contribution in [0.1, 0.15) is 19.3 Å². The van der Waals surface area contributed by atoms with Gasteiger partial charge in [0.2, 0.25) is 0 Å². The Morgan fingerprint density at radius 1 is 1.22 bits per heavy atom. The largest absolute Gasteiger partial charge is 0.497 e. The molecule has 0 aliphatic heterocycles. The van der Waals surface area contributed by atoms with E-state index in [2.05, 4.69) is 24.1 Å². The van der Waals surface area contributed by atoms with E-state index < -0.39 is 0 Å². The summed E-state index contributed by atoms with van der Waals surface area (Å²) in [4.78, 5) is 2.33. The van der Waals surface area contributed by atoms with Gasteiger partial charge in [0.25, 0.3) is 0 Å². The Hall–Kier alpha value is -1.22. The average Bonchev–Trinajstić information content (AvgIpc) is 2.86. The number of anilines is 1. The fraction of sp³-hybridized carbons (Fsp3) is 0.600. The van der Waals surface area contributed by atoms with Crippen LogP contribution in [0.5, 0.6) is 5.75 Å². The highest BCUT2D eigenvalue weighted by Crippen LogP contribution is 2.32. The van der Waals surface area contributed by atoms with E-state index in [0.29, 0.717) is 5.92 Å². The molecule has 3 heteroatoms. The molecule has 1 aromatic carbocycles. The molecule has 0 amide bonds. The Bertz CT molecular complexity index is 363. The lowest BCUT2D eigenvalue weighted by Gasteiger charge is -2.26. The molecule has 1 saturated carbocycles. The molecule has 1 fully saturated rings. The van der Waals surface area contributed by atoms with E-state index in [-0.39, 0.29) is 0 Å². The van der Waals surface area contributed by atoms with Crippen LogP contribution in [0.25, 0.3) is 0 Å². The highest BCUT2D eigenvalue weighted by molar-refractivity contribution is 5.48. The molecule has 2 N–H and O–H groups in total. The van der Waals surface area contributed by atoms with Crippen LogP contribution in [-0.2, 0) is 0 Å². The molecule has 1 aliphatic carbocycles. The predicted molar refractivity (Wildman–Crippen MR) is 76.1 cm³/mol. The predicted octanol–water partition coefficient (Wildman–Crippen LogP) is 2.51. The van der Waals surface area contributed by atoms with Gasteiger partial charge in [-0.05, 0) is 55.5 Å². The minimum absolute atomic E-state index is 0.714. The van der Waals surface area contributed by atoms with Crippen molar-refractivity contribution in [2.75, 3.05) is 32.1 Å². The molecule has 2 rings (SSSR count). The summed E-state index contributed by atoms with van der Waals surface area (Å²) in [6, 6.07) is 8.26. The fourth-order valence-corrected chi connectivity index (χ4v) is 2.96. The number of rotatable bonds is 5. The van der Waals surface area contributed by atoms with Gasteiger partial charge >= 0.3 is 0 Å². The van der Waals surface area contributed by atoms with E-state index in [1.807, 2.05) is 12.1 Å². The van der Waals surface area contributed by atoms with Gasteiger partial charge in [0, 0.05) is 19.3 Å². The lowest BCUT2D eigenvalue weighted by atomic mass is 9.95. The smallest absolute Gasteiger partial charge is 0.119 e. The van der Waals surface area contributed by atoms with Crippen molar-refractivity contribution < 1.29 is 4.74 Å². The van der Waals surface area contributed by atoms with Crippen LogP contribution in [0.3, 0.4) is 0 Å². The first-order valence-corrected chi connectivity index (χ1v) is 6.80. The molecular weight excluding hydrogens is 224 g/mol. The highest BCUT2D eigenvalue weighted by Gasteiger charge is 2.26. The van der Waals surface area contributed by atoms with Crippen LogP contribution in [0.2, 0.25) is 0 Å². The third-order valence-corrected chi connectivity index (χ3v) is 4.14. The molecule has 2 atom stereocenters. The second-order valence-corrected chi connectivity index (χ2v) is 5.27. The molecule has 18 heavy (non-hydrogen) atoms. The van der Waals surface area contributed by atoms with Gasteiger partial charge in [0.05, 0.1) is 7.11 Å². The number of nitrogens with zero attached hydrogens (tertiary/aromatic N) is 1. The van der Waals surface area contributed by atoms with E-state index in [1.54, 1.807) is 7.11 Å². The monoisotopic (exact) mass is 248 g/mol. The maximum atomic E-state index is 5.84. The number of hydrogen-bond acceptors (Lipinski definition) is 3. The first kappa shape index (κ1) is 13.2. The normalized spacial score (nSPS) is 23.1. The lowest BCUT2D eigenvalue weighted by Crippen LogP contribution is -2.30. The zero-order chi connectivity index (χ0) is 13.0. The van der Waals surface area contributed by atoms with Crippen molar-refractivity contribution >= 4 is 5.69 Å². The summed E-state index contributed by atoms with van der Waals surface area (Å²) in [5.41, 5.74) is 7.09. The summed E-state index contributed by atoms with van der Waals surface area (Å²) in [5.74, 6) is 2.38. The Balaban J connectivity index is 1.95. The van der Waals surface area contributed by atoms with Crippen molar-refractivity contribution in [3.05, 3.63) is 24.3 Å². The lowest BCUT2D eigenvalue weighted by molar-refractivity contribution is 0.399. The number of hydrogen-bond donors (Lipinski definition) is 1. The van der Waals surface area contributed by atoms with E-state index in [0.717, 1.165) is 24.8 Å². The SMILES string of the molecule is COc1ccc(N(C)CC2CCCC2CN)cc1. The summed E-state index contributed by atoms with van der Waals surface area (Å²) >= 11 is 0. The van der Waals surface area contributed by atoms with Crippen LogP contribution in [0.15, 0.2) is 24.3 Å². The molecule has 3 nitrogen and oxygen atoms in total. The molecule has 1 aromatic rings. The van der Waals surface area contributed by atoms with Gasteiger partial charge < -0.3 is 15.4 Å². The molecule has 2 unspecified atom stereocenters. The highest BCUT2D eigenvalue weighted by atomic mass is 16.5. The summed E-state index contributed by atoms with van der Waals surface area (Å²) in [5, 5.41) is 0. The molecular formula is C15H24N2O. The molecule has 100 valence electrons. The summed E-state index contributed by atoms with van der Waals surface area (Å²) in [7, 11) is 3.86. The maximum absolute atomic E-state index is 5.84. The van der Waals surface area contributed by atoms with Crippen molar-refractivity contribution in [1.82, 2.24) is 0 Å².